The van der Waals surface area contributed by atoms with Gasteiger partial charge in [-0.3, -0.25) is 19.7 Å². The zero-order valence-corrected chi connectivity index (χ0v) is 17.4. The number of likely N-dealkylation sites (tertiary alicyclic amines) is 1. The lowest BCUT2D eigenvalue weighted by Gasteiger charge is -2.23. The van der Waals surface area contributed by atoms with Crippen molar-refractivity contribution in [1.82, 2.24) is 10.2 Å². The predicted molar refractivity (Wildman–Crippen MR) is 117 cm³/mol. The van der Waals surface area contributed by atoms with E-state index >= 15 is 0 Å². The lowest BCUT2D eigenvalue weighted by atomic mass is 10.0. The Morgan fingerprint density at radius 1 is 1.03 bits per heavy atom. The normalized spacial score (nSPS) is 14.5. The molecule has 0 saturated carbocycles. The van der Waals surface area contributed by atoms with E-state index in [1.54, 1.807) is 18.2 Å². The van der Waals surface area contributed by atoms with Crippen molar-refractivity contribution >= 4 is 23.1 Å². The molecule has 3 rings (SSSR count). The highest BCUT2D eigenvalue weighted by Gasteiger charge is 2.23. The second-order valence-corrected chi connectivity index (χ2v) is 7.24. The molecule has 1 heterocycles. The Morgan fingerprint density at radius 3 is 2.29 bits per heavy atom. The van der Waals surface area contributed by atoms with Crippen molar-refractivity contribution in [3.63, 3.8) is 0 Å². The van der Waals surface area contributed by atoms with Crippen LogP contribution in [0.3, 0.4) is 0 Å². The highest BCUT2D eigenvalue weighted by molar-refractivity contribution is 6.20. The van der Waals surface area contributed by atoms with Crippen LogP contribution in [0.2, 0.25) is 0 Å². The predicted octanol–water partition coefficient (Wildman–Crippen LogP) is 3.78. The summed E-state index contributed by atoms with van der Waals surface area (Å²) in [6.07, 6.45) is 5.47. The van der Waals surface area contributed by atoms with Crippen LogP contribution in [0.5, 0.6) is 5.75 Å². The van der Waals surface area contributed by atoms with E-state index in [1.807, 2.05) is 11.0 Å². The van der Waals surface area contributed by atoms with Gasteiger partial charge in [-0.15, -0.1) is 0 Å². The van der Waals surface area contributed by atoms with Crippen LogP contribution in [0.15, 0.2) is 54.7 Å². The quantitative estimate of drug-likeness (QED) is 0.433. The minimum Gasteiger partial charge on any atom is -0.496 e. The highest BCUT2D eigenvalue weighted by atomic mass is 16.6. The Hall–Kier alpha value is -3.68. The summed E-state index contributed by atoms with van der Waals surface area (Å²) < 4.78 is 5.43. The zero-order chi connectivity index (χ0) is 22.2. The van der Waals surface area contributed by atoms with Crippen molar-refractivity contribution in [2.45, 2.75) is 25.7 Å². The SMILES string of the molecule is COc1ccccc1C(=CNC(=O)c1ccc([N+](=O)[O-])cc1)C(=O)N1CCCCCC1. The van der Waals surface area contributed by atoms with Crippen molar-refractivity contribution in [2.75, 3.05) is 20.2 Å². The average molecular weight is 423 g/mol. The minimum atomic E-state index is -0.527. The number of ether oxygens (including phenoxy) is 1. The molecule has 1 aliphatic rings. The maximum atomic E-state index is 13.4. The molecule has 162 valence electrons. The summed E-state index contributed by atoms with van der Waals surface area (Å²) in [5, 5.41) is 13.5. The van der Waals surface area contributed by atoms with E-state index in [-0.39, 0.29) is 17.2 Å². The second-order valence-electron chi connectivity index (χ2n) is 7.24. The average Bonchev–Trinajstić information content (AvgIpc) is 3.09. The topological polar surface area (TPSA) is 102 Å². The standard InChI is InChI=1S/C23H25N3O5/c1-31-21-9-5-4-8-19(21)20(23(28)25-14-6-2-3-7-15-25)16-24-22(27)17-10-12-18(13-11-17)26(29)30/h4-5,8-13,16H,2-3,6-7,14-15H2,1H3,(H,24,27). The number of rotatable bonds is 6. The largest absolute Gasteiger partial charge is 0.496 e. The second kappa shape index (κ2) is 10.4. The van der Waals surface area contributed by atoms with E-state index in [0.717, 1.165) is 25.7 Å². The van der Waals surface area contributed by atoms with Gasteiger partial charge in [-0.25, -0.2) is 0 Å². The Labute approximate surface area is 180 Å². The van der Waals surface area contributed by atoms with Crippen LogP contribution in [0.4, 0.5) is 5.69 Å². The fourth-order valence-corrected chi connectivity index (χ4v) is 3.52. The Morgan fingerprint density at radius 2 is 1.68 bits per heavy atom. The molecule has 2 aromatic carbocycles. The molecule has 8 nitrogen and oxygen atoms in total. The van der Waals surface area contributed by atoms with Gasteiger partial charge >= 0.3 is 0 Å². The van der Waals surface area contributed by atoms with Gasteiger partial charge in [-0.05, 0) is 31.0 Å². The van der Waals surface area contributed by atoms with Gasteiger partial charge in [0, 0.05) is 42.5 Å². The maximum Gasteiger partial charge on any atom is 0.269 e. The summed E-state index contributed by atoms with van der Waals surface area (Å²) >= 11 is 0. The number of amides is 2. The first-order valence-electron chi connectivity index (χ1n) is 10.2. The van der Waals surface area contributed by atoms with Gasteiger partial charge in [0.2, 0.25) is 0 Å². The molecule has 0 atom stereocenters. The molecule has 0 aromatic heterocycles. The summed E-state index contributed by atoms with van der Waals surface area (Å²) in [5.41, 5.74) is 1.07. The van der Waals surface area contributed by atoms with Crippen molar-refractivity contribution in [3.05, 3.63) is 76.0 Å². The van der Waals surface area contributed by atoms with E-state index in [9.17, 15) is 19.7 Å². The molecule has 1 fully saturated rings. The van der Waals surface area contributed by atoms with Crippen molar-refractivity contribution < 1.29 is 19.2 Å². The molecule has 0 bridgehead atoms. The lowest BCUT2D eigenvalue weighted by Crippen LogP contribution is -2.33. The van der Waals surface area contributed by atoms with Gasteiger partial charge < -0.3 is 15.0 Å². The first kappa shape index (κ1) is 22.0. The van der Waals surface area contributed by atoms with Gasteiger partial charge in [0.25, 0.3) is 17.5 Å². The van der Waals surface area contributed by atoms with E-state index in [2.05, 4.69) is 5.32 Å². The fourth-order valence-electron chi connectivity index (χ4n) is 3.52. The number of para-hydroxylation sites is 1. The summed E-state index contributed by atoms with van der Waals surface area (Å²) in [6.45, 7) is 1.34. The van der Waals surface area contributed by atoms with Crippen LogP contribution in [0.1, 0.15) is 41.6 Å². The van der Waals surface area contributed by atoms with Gasteiger partial charge in [-0.2, -0.15) is 0 Å². The molecule has 1 saturated heterocycles. The summed E-state index contributed by atoms with van der Waals surface area (Å²) in [5.74, 6) is -0.108. The molecule has 31 heavy (non-hydrogen) atoms. The first-order chi connectivity index (χ1) is 15.0. The number of hydrogen-bond acceptors (Lipinski definition) is 5. The van der Waals surface area contributed by atoms with Crippen molar-refractivity contribution in [2.24, 2.45) is 0 Å². The summed E-state index contributed by atoms with van der Waals surface area (Å²) in [7, 11) is 1.53. The summed E-state index contributed by atoms with van der Waals surface area (Å²) in [4.78, 5) is 38.0. The molecule has 0 radical (unpaired) electrons. The number of hydrogen-bond donors (Lipinski definition) is 1. The molecule has 0 unspecified atom stereocenters. The third-order valence-electron chi connectivity index (χ3n) is 5.21. The molecular formula is C23H25N3O5. The zero-order valence-electron chi connectivity index (χ0n) is 17.4. The molecule has 2 amide bonds. The Bertz CT molecular complexity index is 977. The molecule has 8 heteroatoms. The molecule has 0 aliphatic carbocycles. The number of methoxy groups -OCH3 is 1. The Balaban J connectivity index is 1.89. The maximum absolute atomic E-state index is 13.4. The monoisotopic (exact) mass is 423 g/mol. The molecule has 1 N–H and O–H groups in total. The first-order valence-corrected chi connectivity index (χ1v) is 10.2. The number of carbonyl (C=O) groups is 2. The fraction of sp³-hybridized carbons (Fsp3) is 0.304. The smallest absolute Gasteiger partial charge is 0.269 e. The van der Waals surface area contributed by atoms with E-state index in [0.29, 0.717) is 30.0 Å². The van der Waals surface area contributed by atoms with Gasteiger partial charge in [0.15, 0.2) is 0 Å². The van der Waals surface area contributed by atoms with Crippen LogP contribution in [0.25, 0.3) is 5.57 Å². The number of nitrogens with zero attached hydrogens (tertiary/aromatic N) is 2. The van der Waals surface area contributed by atoms with Gasteiger partial charge in [-0.1, -0.05) is 31.0 Å². The molecule has 2 aromatic rings. The van der Waals surface area contributed by atoms with Crippen LogP contribution in [0, 0.1) is 10.1 Å². The number of nitro benzene ring substituents is 1. The minimum absolute atomic E-state index is 0.0989. The van der Waals surface area contributed by atoms with Crippen molar-refractivity contribution in [1.29, 1.82) is 0 Å². The van der Waals surface area contributed by atoms with Crippen LogP contribution in [-0.2, 0) is 4.79 Å². The van der Waals surface area contributed by atoms with Crippen LogP contribution < -0.4 is 10.1 Å². The Kier molecular flexibility index (Phi) is 7.37. The number of nitrogens with one attached hydrogen (secondary N) is 1. The highest BCUT2D eigenvalue weighted by Crippen LogP contribution is 2.28. The van der Waals surface area contributed by atoms with Gasteiger partial charge in [0.1, 0.15) is 5.75 Å². The summed E-state index contributed by atoms with van der Waals surface area (Å²) in [6, 6.07) is 12.4. The van der Waals surface area contributed by atoms with E-state index in [4.69, 9.17) is 4.74 Å². The number of nitro groups is 1. The number of benzene rings is 2. The van der Waals surface area contributed by atoms with Crippen LogP contribution in [-0.4, -0.2) is 41.8 Å². The molecular weight excluding hydrogens is 398 g/mol. The molecule has 0 spiro atoms. The third-order valence-corrected chi connectivity index (χ3v) is 5.21. The third kappa shape index (κ3) is 5.48. The van der Waals surface area contributed by atoms with E-state index < -0.39 is 10.8 Å². The number of carbonyl (C=O) groups excluding carboxylic acids is 2. The molecule has 1 aliphatic heterocycles. The van der Waals surface area contributed by atoms with E-state index in [1.165, 1.54) is 37.6 Å². The van der Waals surface area contributed by atoms with Gasteiger partial charge in [0.05, 0.1) is 17.6 Å². The lowest BCUT2D eigenvalue weighted by molar-refractivity contribution is -0.384. The van der Waals surface area contributed by atoms with Crippen molar-refractivity contribution in [3.8, 4) is 5.75 Å². The number of non-ortho nitro benzene ring substituents is 1. The van der Waals surface area contributed by atoms with Crippen LogP contribution >= 0.6 is 0 Å².